The number of likely N-dealkylation sites (tertiary alicyclic amines) is 1. The van der Waals surface area contributed by atoms with Gasteiger partial charge in [0.2, 0.25) is 5.91 Å². The molecule has 26 heavy (non-hydrogen) atoms. The predicted molar refractivity (Wildman–Crippen MR) is 102 cm³/mol. The Kier molecular flexibility index (Phi) is 4.64. The topological polar surface area (TPSA) is 50.5 Å². The first-order valence-electron chi connectivity index (χ1n) is 9.03. The van der Waals surface area contributed by atoms with Gasteiger partial charge in [0.15, 0.2) is 0 Å². The van der Waals surface area contributed by atoms with Gasteiger partial charge in [-0.25, -0.2) is 4.98 Å². The average molecular weight is 369 g/mol. The van der Waals surface area contributed by atoms with Crippen molar-refractivity contribution in [3.05, 3.63) is 53.4 Å². The smallest absolute Gasteiger partial charge is 0.222 e. The van der Waals surface area contributed by atoms with Gasteiger partial charge in [0.1, 0.15) is 5.65 Å². The monoisotopic (exact) mass is 368 g/mol. The minimum atomic E-state index is 0.224. The second-order valence-corrected chi connectivity index (χ2v) is 7.14. The van der Waals surface area contributed by atoms with Crippen LogP contribution in [0.3, 0.4) is 0 Å². The summed E-state index contributed by atoms with van der Waals surface area (Å²) in [7, 11) is 0. The van der Waals surface area contributed by atoms with Gasteiger partial charge in [-0.1, -0.05) is 24.6 Å². The van der Waals surface area contributed by atoms with Gasteiger partial charge in [-0.2, -0.15) is 0 Å². The van der Waals surface area contributed by atoms with E-state index >= 15 is 0 Å². The summed E-state index contributed by atoms with van der Waals surface area (Å²) in [6.45, 7) is 3.53. The molecule has 4 heterocycles. The van der Waals surface area contributed by atoms with Crippen molar-refractivity contribution in [1.82, 2.24) is 19.3 Å². The van der Waals surface area contributed by atoms with Gasteiger partial charge in [-0.3, -0.25) is 14.2 Å². The maximum Gasteiger partial charge on any atom is 0.222 e. The molecule has 5 nitrogen and oxygen atoms in total. The number of amides is 1. The lowest BCUT2D eigenvalue weighted by Crippen LogP contribution is -2.38. The fourth-order valence-corrected chi connectivity index (χ4v) is 3.79. The van der Waals surface area contributed by atoms with Crippen LogP contribution in [-0.4, -0.2) is 38.3 Å². The molecule has 1 aliphatic heterocycles. The highest BCUT2D eigenvalue weighted by molar-refractivity contribution is 6.30. The number of carbonyl (C=O) groups is 1. The fraction of sp³-hybridized carbons (Fsp3) is 0.350. The van der Waals surface area contributed by atoms with Crippen LogP contribution in [0.25, 0.3) is 17.0 Å². The molecule has 0 spiro atoms. The zero-order valence-corrected chi connectivity index (χ0v) is 15.5. The molecule has 0 N–H and O–H groups in total. The van der Waals surface area contributed by atoms with Crippen LogP contribution in [0.1, 0.15) is 37.8 Å². The van der Waals surface area contributed by atoms with Crippen LogP contribution in [0, 0.1) is 0 Å². The highest BCUT2D eigenvalue weighted by atomic mass is 35.5. The molecule has 3 aromatic heterocycles. The number of carbonyl (C=O) groups excluding carboxylic acids is 1. The first-order chi connectivity index (χ1) is 12.7. The summed E-state index contributed by atoms with van der Waals surface area (Å²) in [6.07, 6.45) is 6.32. The predicted octanol–water partition coefficient (Wildman–Crippen LogP) is 4.17. The van der Waals surface area contributed by atoms with Crippen molar-refractivity contribution < 1.29 is 4.79 Å². The molecule has 0 unspecified atom stereocenters. The molecular formula is C20H21ClN4O. The first-order valence-corrected chi connectivity index (χ1v) is 9.41. The largest absolute Gasteiger partial charge is 0.342 e. The molecule has 0 aliphatic carbocycles. The van der Waals surface area contributed by atoms with Crippen molar-refractivity contribution in [2.75, 3.05) is 13.1 Å². The van der Waals surface area contributed by atoms with Crippen LogP contribution >= 0.6 is 11.6 Å². The van der Waals surface area contributed by atoms with Gasteiger partial charge < -0.3 is 4.90 Å². The number of hydrogen-bond acceptors (Lipinski definition) is 3. The molecule has 1 amide bonds. The van der Waals surface area contributed by atoms with Crippen molar-refractivity contribution in [3.63, 3.8) is 0 Å². The summed E-state index contributed by atoms with van der Waals surface area (Å²) < 4.78 is 1.96. The number of rotatable bonds is 3. The van der Waals surface area contributed by atoms with Gasteiger partial charge in [0, 0.05) is 37.3 Å². The Balaban J connectivity index is 1.66. The van der Waals surface area contributed by atoms with Crippen LogP contribution in [0.15, 0.2) is 42.7 Å². The van der Waals surface area contributed by atoms with E-state index in [1.165, 1.54) is 0 Å². The zero-order chi connectivity index (χ0) is 18.1. The normalized spacial score (nSPS) is 17.6. The van der Waals surface area contributed by atoms with E-state index in [9.17, 15) is 4.79 Å². The van der Waals surface area contributed by atoms with Crippen molar-refractivity contribution in [3.8, 4) is 11.4 Å². The zero-order valence-electron chi connectivity index (χ0n) is 14.7. The number of aromatic nitrogens is 3. The third-order valence-corrected chi connectivity index (χ3v) is 5.22. The number of halogens is 1. The Morgan fingerprint density at radius 1 is 1.31 bits per heavy atom. The number of hydrogen-bond donors (Lipinski definition) is 0. The molecular weight excluding hydrogens is 348 g/mol. The van der Waals surface area contributed by atoms with Gasteiger partial charge in [-0.05, 0) is 37.1 Å². The third-order valence-electron chi connectivity index (χ3n) is 5.00. The van der Waals surface area contributed by atoms with E-state index in [1.54, 1.807) is 0 Å². The van der Waals surface area contributed by atoms with Crippen LogP contribution in [0.2, 0.25) is 5.02 Å². The lowest BCUT2D eigenvalue weighted by atomic mass is 9.94. The highest BCUT2D eigenvalue weighted by Crippen LogP contribution is 2.28. The number of fused-ring (bicyclic) bond motifs is 1. The summed E-state index contributed by atoms with van der Waals surface area (Å²) in [5.41, 5.74) is 3.67. The Labute approximate surface area is 157 Å². The van der Waals surface area contributed by atoms with E-state index in [1.807, 2.05) is 52.9 Å². The molecule has 4 rings (SSSR count). The van der Waals surface area contributed by atoms with E-state index in [2.05, 4.69) is 11.1 Å². The van der Waals surface area contributed by atoms with Crippen molar-refractivity contribution in [2.45, 2.75) is 32.1 Å². The maximum atomic E-state index is 12.1. The molecule has 1 saturated heterocycles. The van der Waals surface area contributed by atoms with E-state index < -0.39 is 0 Å². The average Bonchev–Trinajstić information content (AvgIpc) is 3.10. The molecule has 0 saturated carbocycles. The molecule has 1 fully saturated rings. The van der Waals surface area contributed by atoms with Crippen molar-refractivity contribution in [1.29, 1.82) is 0 Å². The van der Waals surface area contributed by atoms with Crippen LogP contribution in [0.5, 0.6) is 0 Å². The van der Waals surface area contributed by atoms with Gasteiger partial charge in [-0.15, -0.1) is 0 Å². The molecule has 1 aliphatic rings. The van der Waals surface area contributed by atoms with Crippen molar-refractivity contribution >= 4 is 23.2 Å². The summed E-state index contributed by atoms with van der Waals surface area (Å²) in [5.74, 6) is 0.504. The lowest BCUT2D eigenvalue weighted by Gasteiger charge is -2.32. The fourth-order valence-electron chi connectivity index (χ4n) is 3.63. The summed E-state index contributed by atoms with van der Waals surface area (Å²) in [4.78, 5) is 23.4. The molecule has 6 heteroatoms. The number of imidazole rings is 1. The Bertz CT molecular complexity index is 952. The Morgan fingerprint density at radius 2 is 2.19 bits per heavy atom. The van der Waals surface area contributed by atoms with E-state index in [0.29, 0.717) is 11.4 Å². The number of nitrogens with zero attached hydrogens (tertiary/aromatic N) is 4. The van der Waals surface area contributed by atoms with Crippen LogP contribution in [0.4, 0.5) is 0 Å². The molecule has 3 aromatic rings. The standard InChI is InChI=1S/C20H21ClN4O/c1-2-20(26)24-10-4-5-14(12-24)16-6-3-7-17(23-16)18-11-22-19-9-8-15(21)13-25(18)19/h3,6-9,11,13-14H,2,4-5,10,12H2,1H3/t14-/m0/s1. The number of pyridine rings is 2. The highest BCUT2D eigenvalue weighted by Gasteiger charge is 2.25. The van der Waals surface area contributed by atoms with Gasteiger partial charge in [0.05, 0.1) is 22.6 Å². The molecule has 1 atom stereocenters. The minimum Gasteiger partial charge on any atom is -0.342 e. The Hall–Kier alpha value is -2.40. The van der Waals surface area contributed by atoms with Gasteiger partial charge >= 0.3 is 0 Å². The van der Waals surface area contributed by atoms with E-state index in [4.69, 9.17) is 16.6 Å². The van der Waals surface area contributed by atoms with Crippen molar-refractivity contribution in [2.24, 2.45) is 0 Å². The van der Waals surface area contributed by atoms with Crippen LogP contribution in [-0.2, 0) is 4.79 Å². The summed E-state index contributed by atoms with van der Waals surface area (Å²) >= 11 is 6.14. The third kappa shape index (κ3) is 3.19. The molecule has 0 radical (unpaired) electrons. The van der Waals surface area contributed by atoms with Gasteiger partial charge in [0.25, 0.3) is 0 Å². The molecule has 0 bridgehead atoms. The maximum absolute atomic E-state index is 12.1. The SMILES string of the molecule is CCC(=O)N1CCC[C@H](c2cccc(-c3cnc4ccc(Cl)cn34)n2)C1. The number of piperidine rings is 1. The Morgan fingerprint density at radius 3 is 3.04 bits per heavy atom. The van der Waals surface area contributed by atoms with E-state index in [0.717, 1.165) is 48.7 Å². The van der Waals surface area contributed by atoms with E-state index in [-0.39, 0.29) is 11.8 Å². The minimum absolute atomic E-state index is 0.224. The molecule has 134 valence electrons. The van der Waals surface area contributed by atoms with Crippen LogP contribution < -0.4 is 0 Å². The second-order valence-electron chi connectivity index (χ2n) is 6.70. The second kappa shape index (κ2) is 7.08. The summed E-state index contributed by atoms with van der Waals surface area (Å²) in [5, 5.41) is 0.661. The first kappa shape index (κ1) is 17.0. The molecule has 0 aromatic carbocycles. The quantitative estimate of drug-likeness (QED) is 0.697. The lowest BCUT2D eigenvalue weighted by molar-refractivity contribution is -0.132. The summed E-state index contributed by atoms with van der Waals surface area (Å²) in [6, 6.07) is 9.81.